The van der Waals surface area contributed by atoms with Gasteiger partial charge in [-0.25, -0.2) is 12.7 Å². The monoisotopic (exact) mass is 344 g/mol. The summed E-state index contributed by atoms with van der Waals surface area (Å²) in [5, 5.41) is 3.26. The molecule has 1 saturated heterocycles. The first-order valence-corrected chi connectivity index (χ1v) is 10.7. The van der Waals surface area contributed by atoms with Crippen LogP contribution in [0.3, 0.4) is 0 Å². The second-order valence-electron chi connectivity index (χ2n) is 8.33. The fourth-order valence-corrected chi connectivity index (χ4v) is 5.01. The summed E-state index contributed by atoms with van der Waals surface area (Å²) in [5.74, 6) is 0.329. The average Bonchev–Trinajstić information content (AvgIpc) is 2.46. The first-order valence-electron chi connectivity index (χ1n) is 8.84. The number of carbonyl (C=O) groups is 1. The molecule has 0 spiro atoms. The fourth-order valence-electron chi connectivity index (χ4n) is 4.10. The Morgan fingerprint density at radius 3 is 2.35 bits per heavy atom. The van der Waals surface area contributed by atoms with Gasteiger partial charge in [0.25, 0.3) is 0 Å². The van der Waals surface area contributed by atoms with Gasteiger partial charge in [-0.1, -0.05) is 33.6 Å². The second kappa shape index (κ2) is 7.09. The van der Waals surface area contributed by atoms with Crippen molar-refractivity contribution >= 4 is 15.9 Å². The Hall–Kier alpha value is -0.620. The number of nitrogens with zero attached hydrogens (tertiary/aromatic N) is 1. The molecule has 134 valence electrons. The van der Waals surface area contributed by atoms with Crippen molar-refractivity contribution in [2.45, 2.75) is 65.3 Å². The van der Waals surface area contributed by atoms with E-state index in [9.17, 15) is 13.2 Å². The van der Waals surface area contributed by atoms with Crippen LogP contribution < -0.4 is 5.32 Å². The van der Waals surface area contributed by atoms with Crippen LogP contribution in [-0.2, 0) is 14.8 Å². The zero-order valence-corrected chi connectivity index (χ0v) is 15.8. The molecular weight excluding hydrogens is 312 g/mol. The fraction of sp³-hybridized carbons (Fsp3) is 0.941. The standard InChI is InChI=1S/C17H32N2O3S/c1-17(2,3)14-9-5-6-10-15(14)18-16(20)13-8-7-11-19(12-13)23(4,21)22/h13-15H,5-12H2,1-4H3,(H,18,20)/t13-,14-,15-/m1/s1. The van der Waals surface area contributed by atoms with Crippen LogP contribution in [-0.4, -0.2) is 44.0 Å². The van der Waals surface area contributed by atoms with Crippen molar-refractivity contribution in [3.05, 3.63) is 0 Å². The molecule has 0 unspecified atom stereocenters. The lowest BCUT2D eigenvalue weighted by Crippen LogP contribution is -2.51. The Bertz CT molecular complexity index is 524. The predicted molar refractivity (Wildman–Crippen MR) is 92.5 cm³/mol. The Morgan fingerprint density at radius 2 is 1.74 bits per heavy atom. The van der Waals surface area contributed by atoms with Crippen molar-refractivity contribution in [1.82, 2.24) is 9.62 Å². The highest BCUT2D eigenvalue weighted by Crippen LogP contribution is 2.38. The molecule has 0 aromatic rings. The van der Waals surface area contributed by atoms with Crippen molar-refractivity contribution < 1.29 is 13.2 Å². The lowest BCUT2D eigenvalue weighted by atomic mass is 9.69. The molecule has 1 N–H and O–H groups in total. The third-order valence-corrected chi connectivity index (χ3v) is 6.70. The molecule has 23 heavy (non-hydrogen) atoms. The van der Waals surface area contributed by atoms with Crippen LogP contribution in [0, 0.1) is 17.3 Å². The molecule has 1 aliphatic heterocycles. The van der Waals surface area contributed by atoms with Crippen molar-refractivity contribution in [2.24, 2.45) is 17.3 Å². The van der Waals surface area contributed by atoms with Crippen LogP contribution in [0.15, 0.2) is 0 Å². The van der Waals surface area contributed by atoms with Gasteiger partial charge < -0.3 is 5.32 Å². The Labute approximate surface area is 141 Å². The van der Waals surface area contributed by atoms with Gasteiger partial charge in [0.05, 0.1) is 12.2 Å². The number of hydrogen-bond donors (Lipinski definition) is 1. The second-order valence-corrected chi connectivity index (χ2v) is 10.3. The van der Waals surface area contributed by atoms with Crippen molar-refractivity contribution in [3.63, 3.8) is 0 Å². The van der Waals surface area contributed by atoms with Gasteiger partial charge in [-0.2, -0.15) is 0 Å². The van der Waals surface area contributed by atoms with Gasteiger partial charge in [-0.15, -0.1) is 0 Å². The zero-order valence-electron chi connectivity index (χ0n) is 15.0. The minimum absolute atomic E-state index is 0.0412. The Kier molecular flexibility index (Phi) is 5.77. The average molecular weight is 345 g/mol. The topological polar surface area (TPSA) is 66.5 Å². The molecule has 2 aliphatic rings. The number of nitrogens with one attached hydrogen (secondary N) is 1. The molecule has 0 bridgehead atoms. The lowest BCUT2D eigenvalue weighted by Gasteiger charge is -2.41. The quantitative estimate of drug-likeness (QED) is 0.855. The minimum Gasteiger partial charge on any atom is -0.353 e. The summed E-state index contributed by atoms with van der Waals surface area (Å²) in [6, 6.07) is 0.227. The zero-order chi connectivity index (χ0) is 17.3. The van der Waals surface area contributed by atoms with Gasteiger partial charge >= 0.3 is 0 Å². The van der Waals surface area contributed by atoms with Gasteiger partial charge in [0, 0.05) is 19.1 Å². The SMILES string of the molecule is CC(C)(C)[C@@H]1CCCC[C@H]1NC(=O)[C@@H]1CCCN(S(C)(=O)=O)C1. The van der Waals surface area contributed by atoms with Crippen LogP contribution in [0.4, 0.5) is 0 Å². The molecule has 0 radical (unpaired) electrons. The van der Waals surface area contributed by atoms with E-state index in [2.05, 4.69) is 26.1 Å². The maximum Gasteiger partial charge on any atom is 0.224 e. The minimum atomic E-state index is -3.21. The van der Waals surface area contributed by atoms with Crippen LogP contribution in [0.1, 0.15) is 59.3 Å². The molecule has 0 aromatic carbocycles. The molecule has 6 heteroatoms. The molecule has 1 saturated carbocycles. The van der Waals surface area contributed by atoms with E-state index in [1.165, 1.54) is 17.0 Å². The maximum absolute atomic E-state index is 12.7. The van der Waals surface area contributed by atoms with E-state index in [4.69, 9.17) is 0 Å². The maximum atomic E-state index is 12.7. The molecule has 1 amide bonds. The molecule has 2 rings (SSSR count). The molecule has 5 nitrogen and oxygen atoms in total. The van der Waals surface area contributed by atoms with Crippen LogP contribution in [0.5, 0.6) is 0 Å². The summed E-state index contributed by atoms with van der Waals surface area (Å²) < 4.78 is 24.9. The lowest BCUT2D eigenvalue weighted by molar-refractivity contribution is -0.127. The highest BCUT2D eigenvalue weighted by Gasteiger charge is 2.37. The summed E-state index contributed by atoms with van der Waals surface area (Å²) in [6.07, 6.45) is 7.37. The van der Waals surface area contributed by atoms with Crippen molar-refractivity contribution in [1.29, 1.82) is 0 Å². The van der Waals surface area contributed by atoms with E-state index < -0.39 is 10.0 Å². The molecule has 3 atom stereocenters. The third-order valence-electron chi connectivity index (χ3n) is 5.43. The van der Waals surface area contributed by atoms with Crippen molar-refractivity contribution in [2.75, 3.05) is 19.3 Å². The van der Waals surface area contributed by atoms with Crippen molar-refractivity contribution in [3.8, 4) is 0 Å². The van der Waals surface area contributed by atoms with Crippen LogP contribution >= 0.6 is 0 Å². The molecule has 0 aromatic heterocycles. The van der Waals surface area contributed by atoms with Gasteiger partial charge in [0.2, 0.25) is 15.9 Å². The highest BCUT2D eigenvalue weighted by molar-refractivity contribution is 7.88. The summed E-state index contributed by atoms with van der Waals surface area (Å²) in [7, 11) is -3.21. The number of carbonyl (C=O) groups excluding carboxylic acids is 1. The van der Waals surface area contributed by atoms with Crippen LogP contribution in [0.25, 0.3) is 0 Å². The van der Waals surface area contributed by atoms with Crippen LogP contribution in [0.2, 0.25) is 0 Å². The van der Waals surface area contributed by atoms with E-state index in [-0.39, 0.29) is 23.3 Å². The number of piperidine rings is 1. The van der Waals surface area contributed by atoms with E-state index in [1.54, 1.807) is 0 Å². The number of amides is 1. The predicted octanol–water partition coefficient (Wildman–Crippen LogP) is 2.38. The molecular formula is C17H32N2O3S. The highest BCUT2D eigenvalue weighted by atomic mass is 32.2. The van der Waals surface area contributed by atoms with E-state index >= 15 is 0 Å². The summed E-state index contributed by atoms with van der Waals surface area (Å²) >= 11 is 0. The normalized spacial score (nSPS) is 30.9. The van der Waals surface area contributed by atoms with E-state index in [0.29, 0.717) is 19.0 Å². The Balaban J connectivity index is 2.00. The first kappa shape index (κ1) is 18.7. The van der Waals surface area contributed by atoms with Gasteiger partial charge in [0.15, 0.2) is 0 Å². The number of hydrogen-bond acceptors (Lipinski definition) is 3. The first-order chi connectivity index (χ1) is 10.6. The smallest absolute Gasteiger partial charge is 0.224 e. The molecule has 2 fully saturated rings. The van der Waals surface area contributed by atoms with Gasteiger partial charge in [-0.3, -0.25) is 4.79 Å². The molecule has 1 heterocycles. The van der Waals surface area contributed by atoms with E-state index in [1.807, 2.05) is 0 Å². The van der Waals surface area contributed by atoms with Gasteiger partial charge in [0.1, 0.15) is 0 Å². The Morgan fingerprint density at radius 1 is 1.09 bits per heavy atom. The summed E-state index contributed by atoms with van der Waals surface area (Å²) in [6.45, 7) is 7.60. The molecule has 1 aliphatic carbocycles. The third kappa shape index (κ3) is 4.92. The number of sulfonamides is 1. The largest absolute Gasteiger partial charge is 0.353 e. The number of rotatable bonds is 3. The van der Waals surface area contributed by atoms with Gasteiger partial charge in [-0.05, 0) is 37.0 Å². The summed E-state index contributed by atoms with van der Waals surface area (Å²) in [5.41, 5.74) is 0.184. The summed E-state index contributed by atoms with van der Waals surface area (Å²) in [4.78, 5) is 12.7. The van der Waals surface area contributed by atoms with E-state index in [0.717, 1.165) is 32.1 Å².